The first kappa shape index (κ1) is 20.0. The number of carbonyl (C=O) groups is 1. The summed E-state index contributed by atoms with van der Waals surface area (Å²) in [5.41, 5.74) is -1.70. The molecule has 0 radical (unpaired) electrons. The minimum Gasteiger partial charge on any atom is -0.457 e. The van der Waals surface area contributed by atoms with E-state index in [1.807, 2.05) is 0 Å². The van der Waals surface area contributed by atoms with Crippen molar-refractivity contribution in [2.45, 2.75) is 6.18 Å². The largest absolute Gasteiger partial charge is 0.457 e. The van der Waals surface area contributed by atoms with Crippen LogP contribution in [0.1, 0.15) is 15.9 Å². The topological polar surface area (TPSA) is 72.5 Å². The van der Waals surface area contributed by atoms with E-state index < -0.39 is 44.1 Å². The Bertz CT molecular complexity index is 961. The number of ether oxygens (including phenoxy) is 1. The van der Waals surface area contributed by atoms with Crippen LogP contribution in [-0.2, 0) is 16.2 Å². The van der Waals surface area contributed by atoms with E-state index in [9.17, 15) is 30.8 Å². The van der Waals surface area contributed by atoms with E-state index in [0.29, 0.717) is 6.07 Å². The summed E-state index contributed by atoms with van der Waals surface area (Å²) < 4.78 is 81.1. The molecular weight excluding hydrogens is 402 g/mol. The number of sulfonamides is 1. The molecule has 1 amide bonds. The zero-order valence-electron chi connectivity index (χ0n) is 12.9. The highest BCUT2D eigenvalue weighted by molar-refractivity contribution is 7.89. The molecule has 0 fully saturated rings. The number of benzene rings is 2. The van der Waals surface area contributed by atoms with Crippen LogP contribution >= 0.6 is 11.6 Å². The van der Waals surface area contributed by atoms with Crippen molar-refractivity contribution in [3.05, 3.63) is 58.4 Å². The van der Waals surface area contributed by atoms with E-state index in [4.69, 9.17) is 16.3 Å². The first-order valence-electron chi connectivity index (χ1n) is 6.73. The lowest BCUT2D eigenvalue weighted by molar-refractivity contribution is -0.137. The van der Waals surface area contributed by atoms with Gasteiger partial charge in [-0.2, -0.15) is 13.2 Å². The predicted octanol–water partition coefficient (Wildman–Crippen LogP) is 3.98. The van der Waals surface area contributed by atoms with Crippen LogP contribution in [0.5, 0.6) is 11.5 Å². The average molecular weight is 412 g/mol. The van der Waals surface area contributed by atoms with Crippen LogP contribution in [0.3, 0.4) is 0 Å². The standard InChI is InChI=1S/C15H10ClF4NO4S/c1-26(23,24)21-14(22)10-4-2-9(7-13(10)17)25-8-3-5-12(16)11(6-8)15(18,19)20/h2-7H,1H3,(H,21,22). The number of amides is 1. The van der Waals surface area contributed by atoms with Crippen LogP contribution in [0.2, 0.25) is 5.02 Å². The first-order valence-corrected chi connectivity index (χ1v) is 9.00. The Hall–Kier alpha value is -2.33. The van der Waals surface area contributed by atoms with Crippen molar-refractivity contribution in [2.75, 3.05) is 6.26 Å². The van der Waals surface area contributed by atoms with Gasteiger partial charge in [0.1, 0.15) is 17.3 Å². The maximum Gasteiger partial charge on any atom is 0.417 e. The fourth-order valence-corrected chi connectivity index (χ4v) is 2.56. The maximum absolute atomic E-state index is 14.0. The van der Waals surface area contributed by atoms with Crippen molar-refractivity contribution in [3.63, 3.8) is 0 Å². The lowest BCUT2D eigenvalue weighted by atomic mass is 10.2. The molecule has 1 N–H and O–H groups in total. The molecule has 2 aromatic carbocycles. The number of hydrogen-bond donors (Lipinski definition) is 1. The smallest absolute Gasteiger partial charge is 0.417 e. The Morgan fingerprint density at radius 3 is 2.23 bits per heavy atom. The van der Waals surface area contributed by atoms with Gasteiger partial charge in [-0.3, -0.25) is 4.79 Å². The Morgan fingerprint density at radius 1 is 1.12 bits per heavy atom. The van der Waals surface area contributed by atoms with E-state index in [2.05, 4.69) is 0 Å². The summed E-state index contributed by atoms with van der Waals surface area (Å²) in [6, 6.07) is 5.54. The van der Waals surface area contributed by atoms with E-state index in [0.717, 1.165) is 36.6 Å². The molecule has 11 heteroatoms. The van der Waals surface area contributed by atoms with Gasteiger partial charge in [0.2, 0.25) is 10.0 Å². The summed E-state index contributed by atoms with van der Waals surface area (Å²) in [6.07, 6.45) is -3.98. The molecule has 0 aliphatic heterocycles. The molecule has 0 heterocycles. The van der Waals surface area contributed by atoms with Gasteiger partial charge in [-0.1, -0.05) is 11.6 Å². The fourth-order valence-electron chi connectivity index (χ4n) is 1.89. The SMILES string of the molecule is CS(=O)(=O)NC(=O)c1ccc(Oc2ccc(Cl)c(C(F)(F)F)c2)cc1F. The Balaban J connectivity index is 2.27. The summed E-state index contributed by atoms with van der Waals surface area (Å²) in [4.78, 5) is 11.6. The van der Waals surface area contributed by atoms with E-state index in [1.54, 1.807) is 4.72 Å². The van der Waals surface area contributed by atoms with Crippen molar-refractivity contribution in [1.29, 1.82) is 0 Å². The van der Waals surface area contributed by atoms with Gasteiger partial charge in [0.25, 0.3) is 5.91 Å². The molecule has 26 heavy (non-hydrogen) atoms. The van der Waals surface area contributed by atoms with Gasteiger partial charge in [-0.15, -0.1) is 0 Å². The van der Waals surface area contributed by atoms with Crippen LogP contribution in [0.25, 0.3) is 0 Å². The first-order chi connectivity index (χ1) is 11.9. The molecule has 0 bridgehead atoms. The number of nitrogens with one attached hydrogen (secondary N) is 1. The molecule has 0 aromatic heterocycles. The predicted molar refractivity (Wildman–Crippen MR) is 85.2 cm³/mol. The second-order valence-corrected chi connectivity index (χ2v) is 7.24. The fraction of sp³-hybridized carbons (Fsp3) is 0.133. The highest BCUT2D eigenvalue weighted by Crippen LogP contribution is 2.37. The van der Waals surface area contributed by atoms with Crippen LogP contribution < -0.4 is 9.46 Å². The Labute approximate surface area is 150 Å². The van der Waals surface area contributed by atoms with Crippen molar-refractivity contribution in [2.24, 2.45) is 0 Å². The number of rotatable bonds is 4. The highest BCUT2D eigenvalue weighted by Gasteiger charge is 2.33. The van der Waals surface area contributed by atoms with Crippen LogP contribution in [0.4, 0.5) is 17.6 Å². The Kier molecular flexibility index (Phi) is 5.47. The molecule has 0 aliphatic rings. The molecule has 0 unspecified atom stereocenters. The van der Waals surface area contributed by atoms with Crippen LogP contribution in [-0.4, -0.2) is 20.6 Å². The number of alkyl halides is 3. The van der Waals surface area contributed by atoms with Gasteiger partial charge < -0.3 is 4.74 Å². The second kappa shape index (κ2) is 7.12. The molecule has 0 aliphatic carbocycles. The molecule has 0 saturated heterocycles. The number of halogens is 5. The molecule has 2 aromatic rings. The number of carbonyl (C=O) groups excluding carboxylic acids is 1. The molecule has 2 rings (SSSR count). The van der Waals surface area contributed by atoms with E-state index in [1.165, 1.54) is 0 Å². The molecule has 140 valence electrons. The third-order valence-electron chi connectivity index (χ3n) is 2.94. The number of hydrogen-bond acceptors (Lipinski definition) is 4. The summed E-state index contributed by atoms with van der Waals surface area (Å²) in [6.45, 7) is 0. The third-order valence-corrected chi connectivity index (χ3v) is 3.83. The normalized spacial score (nSPS) is 11.9. The van der Waals surface area contributed by atoms with Crippen molar-refractivity contribution >= 4 is 27.5 Å². The van der Waals surface area contributed by atoms with Crippen molar-refractivity contribution in [3.8, 4) is 11.5 Å². The van der Waals surface area contributed by atoms with Gasteiger partial charge in [0, 0.05) is 6.07 Å². The molecule has 5 nitrogen and oxygen atoms in total. The van der Waals surface area contributed by atoms with Crippen molar-refractivity contribution in [1.82, 2.24) is 4.72 Å². The lowest BCUT2D eigenvalue weighted by Crippen LogP contribution is -2.29. The van der Waals surface area contributed by atoms with Gasteiger partial charge in [0.05, 0.1) is 22.4 Å². The summed E-state index contributed by atoms with van der Waals surface area (Å²) >= 11 is 5.49. The quantitative estimate of drug-likeness (QED) is 0.772. The molecular formula is C15H10ClF4NO4S. The van der Waals surface area contributed by atoms with Gasteiger partial charge in [0.15, 0.2) is 0 Å². The highest BCUT2D eigenvalue weighted by atomic mass is 35.5. The lowest BCUT2D eigenvalue weighted by Gasteiger charge is -2.12. The monoisotopic (exact) mass is 411 g/mol. The van der Waals surface area contributed by atoms with Crippen molar-refractivity contribution < 1.29 is 35.5 Å². The van der Waals surface area contributed by atoms with Gasteiger partial charge in [-0.25, -0.2) is 17.5 Å². The Morgan fingerprint density at radius 2 is 1.69 bits per heavy atom. The summed E-state index contributed by atoms with van der Waals surface area (Å²) in [5.74, 6) is -2.76. The summed E-state index contributed by atoms with van der Waals surface area (Å²) in [7, 11) is -3.89. The molecule has 0 atom stereocenters. The van der Waals surface area contributed by atoms with E-state index in [-0.39, 0.29) is 11.5 Å². The zero-order valence-corrected chi connectivity index (χ0v) is 14.5. The maximum atomic E-state index is 14.0. The third kappa shape index (κ3) is 5.09. The molecule has 0 saturated carbocycles. The van der Waals surface area contributed by atoms with Crippen LogP contribution in [0.15, 0.2) is 36.4 Å². The van der Waals surface area contributed by atoms with E-state index >= 15 is 0 Å². The van der Waals surface area contributed by atoms with Gasteiger partial charge >= 0.3 is 6.18 Å². The second-order valence-electron chi connectivity index (χ2n) is 5.09. The van der Waals surface area contributed by atoms with Gasteiger partial charge in [-0.05, 0) is 30.3 Å². The van der Waals surface area contributed by atoms with Crippen LogP contribution in [0, 0.1) is 5.82 Å². The molecule has 0 spiro atoms. The summed E-state index contributed by atoms with van der Waals surface area (Å²) in [5, 5.41) is -0.524. The average Bonchev–Trinajstić information content (AvgIpc) is 2.46. The minimum absolute atomic E-state index is 0.200. The minimum atomic E-state index is -4.70. The zero-order chi connectivity index (χ0) is 19.7.